The van der Waals surface area contributed by atoms with Crippen LogP contribution in [0.4, 0.5) is 0 Å². The number of carbonyl (C=O) groups is 1. The second-order valence-electron chi connectivity index (χ2n) is 5.51. The number of carbonyl (C=O) groups excluding carboxylic acids is 1. The molecule has 0 amide bonds. The Labute approximate surface area is 86.0 Å². The van der Waals surface area contributed by atoms with Gasteiger partial charge in [0.05, 0.1) is 0 Å². The van der Waals surface area contributed by atoms with Crippen molar-refractivity contribution in [3.63, 3.8) is 0 Å². The van der Waals surface area contributed by atoms with Gasteiger partial charge in [0.25, 0.3) is 0 Å². The number of hydrogen-bond donors (Lipinski definition) is 1. The van der Waals surface area contributed by atoms with Gasteiger partial charge in [0.1, 0.15) is 11.1 Å². The van der Waals surface area contributed by atoms with E-state index in [0.29, 0.717) is 5.92 Å². The Morgan fingerprint density at radius 3 is 2.43 bits per heavy atom. The maximum absolute atomic E-state index is 11.8. The quantitative estimate of drug-likeness (QED) is 0.656. The first-order valence-electron chi connectivity index (χ1n) is 5.25. The van der Waals surface area contributed by atoms with Crippen LogP contribution < -0.4 is 5.73 Å². The first kappa shape index (κ1) is 11.5. The van der Waals surface area contributed by atoms with E-state index in [0.717, 1.165) is 19.3 Å². The van der Waals surface area contributed by atoms with Crippen molar-refractivity contribution in [3.8, 4) is 0 Å². The fraction of sp³-hybridized carbons (Fsp3) is 0.909. The van der Waals surface area contributed by atoms with Crippen molar-refractivity contribution < 1.29 is 9.53 Å². The van der Waals surface area contributed by atoms with Crippen LogP contribution in [0.25, 0.3) is 0 Å². The van der Waals surface area contributed by atoms with Gasteiger partial charge in [0, 0.05) is 0 Å². The van der Waals surface area contributed by atoms with Crippen molar-refractivity contribution in [3.05, 3.63) is 0 Å². The lowest BCUT2D eigenvalue weighted by atomic mass is 9.97. The van der Waals surface area contributed by atoms with Crippen molar-refractivity contribution in [2.75, 3.05) is 0 Å². The summed E-state index contributed by atoms with van der Waals surface area (Å²) < 4.78 is 5.31. The van der Waals surface area contributed by atoms with Crippen molar-refractivity contribution in [2.45, 2.75) is 58.1 Å². The first-order valence-corrected chi connectivity index (χ1v) is 5.25. The third-order valence-electron chi connectivity index (χ3n) is 2.60. The molecule has 0 aromatic carbocycles. The second-order valence-corrected chi connectivity index (χ2v) is 5.51. The molecule has 1 aliphatic rings. The molecule has 0 heterocycles. The van der Waals surface area contributed by atoms with E-state index in [4.69, 9.17) is 10.5 Å². The summed E-state index contributed by atoms with van der Waals surface area (Å²) in [6, 6.07) is 0. The zero-order chi connectivity index (χ0) is 11.0. The highest BCUT2D eigenvalue weighted by atomic mass is 16.6. The predicted octanol–water partition coefficient (Wildman–Crippen LogP) is 1.85. The van der Waals surface area contributed by atoms with Crippen molar-refractivity contribution in [1.82, 2.24) is 0 Å². The van der Waals surface area contributed by atoms with E-state index < -0.39 is 11.1 Å². The van der Waals surface area contributed by atoms with Gasteiger partial charge in [-0.25, -0.2) is 0 Å². The zero-order valence-electron chi connectivity index (χ0n) is 9.59. The number of nitrogens with two attached hydrogens (primary N) is 1. The molecule has 1 saturated carbocycles. The van der Waals surface area contributed by atoms with Gasteiger partial charge in [0.15, 0.2) is 0 Å². The Morgan fingerprint density at radius 1 is 1.50 bits per heavy atom. The van der Waals surface area contributed by atoms with Crippen LogP contribution in [-0.2, 0) is 9.53 Å². The lowest BCUT2D eigenvalue weighted by Crippen LogP contribution is -2.49. The van der Waals surface area contributed by atoms with Gasteiger partial charge in [-0.15, -0.1) is 0 Å². The molecule has 82 valence electrons. The molecule has 14 heavy (non-hydrogen) atoms. The zero-order valence-corrected chi connectivity index (χ0v) is 9.59. The van der Waals surface area contributed by atoms with Gasteiger partial charge >= 0.3 is 5.97 Å². The lowest BCUT2D eigenvalue weighted by molar-refractivity contribution is -0.161. The molecule has 2 atom stereocenters. The number of ether oxygens (including phenoxy) is 1. The van der Waals surface area contributed by atoms with E-state index in [1.54, 1.807) is 0 Å². The highest BCUT2D eigenvalue weighted by Crippen LogP contribution is 2.34. The highest BCUT2D eigenvalue weighted by Gasteiger charge is 2.43. The minimum absolute atomic E-state index is 0.241. The van der Waals surface area contributed by atoms with Gasteiger partial charge in [-0.2, -0.15) is 0 Å². The van der Waals surface area contributed by atoms with Crippen LogP contribution >= 0.6 is 0 Å². The van der Waals surface area contributed by atoms with Gasteiger partial charge in [-0.05, 0) is 46.0 Å². The van der Waals surface area contributed by atoms with Crippen LogP contribution in [0.5, 0.6) is 0 Å². The summed E-state index contributed by atoms with van der Waals surface area (Å²) in [7, 11) is 0. The molecule has 0 saturated heterocycles. The molecule has 0 aromatic heterocycles. The van der Waals surface area contributed by atoms with E-state index in [1.807, 2.05) is 20.8 Å². The maximum atomic E-state index is 11.8. The largest absolute Gasteiger partial charge is 0.459 e. The second kappa shape index (κ2) is 3.54. The lowest BCUT2D eigenvalue weighted by Gasteiger charge is -2.28. The Bertz CT molecular complexity index is 232. The molecule has 0 spiro atoms. The van der Waals surface area contributed by atoms with Crippen molar-refractivity contribution >= 4 is 5.97 Å². The van der Waals surface area contributed by atoms with Gasteiger partial charge in [-0.3, -0.25) is 4.79 Å². The van der Waals surface area contributed by atoms with Crippen LogP contribution in [0, 0.1) is 5.92 Å². The number of esters is 1. The molecule has 1 fully saturated rings. The Hall–Kier alpha value is -0.570. The van der Waals surface area contributed by atoms with Gasteiger partial charge in [0.2, 0.25) is 0 Å². The molecule has 3 heteroatoms. The Morgan fingerprint density at radius 2 is 2.07 bits per heavy atom. The summed E-state index contributed by atoms with van der Waals surface area (Å²) in [6.45, 7) is 7.73. The molecular formula is C11H21NO2. The van der Waals surface area contributed by atoms with E-state index >= 15 is 0 Å². The van der Waals surface area contributed by atoms with Crippen molar-refractivity contribution in [2.24, 2.45) is 11.7 Å². The molecule has 0 bridgehead atoms. The molecule has 1 rings (SSSR count). The molecular weight excluding hydrogens is 178 g/mol. The molecule has 3 nitrogen and oxygen atoms in total. The minimum atomic E-state index is -0.729. The fourth-order valence-corrected chi connectivity index (χ4v) is 1.90. The first-order chi connectivity index (χ1) is 6.23. The summed E-state index contributed by atoms with van der Waals surface area (Å²) in [4.78, 5) is 11.8. The minimum Gasteiger partial charge on any atom is -0.459 e. The normalized spacial score (nSPS) is 33.1. The summed E-state index contributed by atoms with van der Waals surface area (Å²) >= 11 is 0. The monoisotopic (exact) mass is 199 g/mol. The van der Waals surface area contributed by atoms with Crippen LogP contribution in [-0.4, -0.2) is 17.1 Å². The average molecular weight is 199 g/mol. The molecule has 1 aliphatic carbocycles. The van der Waals surface area contributed by atoms with Crippen LogP contribution in [0.15, 0.2) is 0 Å². The third kappa shape index (κ3) is 2.71. The molecule has 0 aliphatic heterocycles. The van der Waals surface area contributed by atoms with E-state index in [-0.39, 0.29) is 5.97 Å². The summed E-state index contributed by atoms with van der Waals surface area (Å²) in [5.74, 6) is 0.293. The van der Waals surface area contributed by atoms with Gasteiger partial charge in [-0.1, -0.05) is 6.92 Å². The van der Waals surface area contributed by atoms with E-state index in [1.165, 1.54) is 0 Å². The average Bonchev–Trinajstić information content (AvgIpc) is 2.29. The molecule has 2 N–H and O–H groups in total. The third-order valence-corrected chi connectivity index (χ3v) is 2.60. The van der Waals surface area contributed by atoms with Crippen LogP contribution in [0.2, 0.25) is 0 Å². The topological polar surface area (TPSA) is 52.3 Å². The van der Waals surface area contributed by atoms with Gasteiger partial charge < -0.3 is 10.5 Å². The molecule has 0 radical (unpaired) electrons. The van der Waals surface area contributed by atoms with E-state index in [2.05, 4.69) is 6.92 Å². The fourth-order valence-electron chi connectivity index (χ4n) is 1.90. The Kier molecular flexibility index (Phi) is 2.91. The molecule has 0 aromatic rings. The summed E-state index contributed by atoms with van der Waals surface area (Å²) in [6.07, 6.45) is 2.53. The summed E-state index contributed by atoms with van der Waals surface area (Å²) in [5, 5.41) is 0. The Balaban J connectivity index is 2.61. The van der Waals surface area contributed by atoms with E-state index in [9.17, 15) is 4.79 Å². The smallest absolute Gasteiger partial charge is 0.326 e. The number of rotatable bonds is 1. The van der Waals surface area contributed by atoms with Crippen LogP contribution in [0.1, 0.15) is 47.0 Å². The highest BCUT2D eigenvalue weighted by molar-refractivity contribution is 5.81. The van der Waals surface area contributed by atoms with Crippen LogP contribution in [0.3, 0.4) is 0 Å². The standard InChI is InChI=1S/C11H21NO2/c1-8-5-6-11(12,7-8)9(13)14-10(2,3)4/h8H,5-7,12H2,1-4H3/t8-,11+/m0/s1. The van der Waals surface area contributed by atoms with Crippen molar-refractivity contribution in [1.29, 1.82) is 0 Å². The molecule has 0 unspecified atom stereocenters. The summed E-state index contributed by atoms with van der Waals surface area (Å²) in [5.41, 5.74) is 4.86. The maximum Gasteiger partial charge on any atom is 0.326 e. The predicted molar refractivity (Wildman–Crippen MR) is 55.8 cm³/mol. The SMILES string of the molecule is C[C@H]1CC[C@](N)(C(=O)OC(C)(C)C)C1. The number of hydrogen-bond acceptors (Lipinski definition) is 3.